The van der Waals surface area contributed by atoms with Gasteiger partial charge in [0.2, 0.25) is 0 Å². The lowest BCUT2D eigenvalue weighted by molar-refractivity contribution is 0.626. The Labute approximate surface area is 104 Å². The van der Waals surface area contributed by atoms with Crippen molar-refractivity contribution in [1.82, 2.24) is 14.9 Å². The zero-order valence-corrected chi connectivity index (χ0v) is 10.2. The molecule has 0 fully saturated rings. The van der Waals surface area contributed by atoms with Gasteiger partial charge >= 0.3 is 0 Å². The first kappa shape index (κ1) is 12.1. The van der Waals surface area contributed by atoms with Gasteiger partial charge in [0.25, 0.3) is 0 Å². The van der Waals surface area contributed by atoms with Crippen molar-refractivity contribution in [3.8, 4) is 0 Å². The SMILES string of the molecule is CNCc1cn(Cc2ccc(F)cc2Cl)cn1. The normalized spacial score (nSPS) is 10.8. The molecule has 0 unspecified atom stereocenters. The maximum Gasteiger partial charge on any atom is 0.124 e. The molecule has 3 nitrogen and oxygen atoms in total. The molecule has 0 bridgehead atoms. The second kappa shape index (κ2) is 5.29. The molecule has 0 radical (unpaired) electrons. The highest BCUT2D eigenvalue weighted by Crippen LogP contribution is 2.18. The molecule has 0 spiro atoms. The molecule has 0 amide bonds. The first-order valence-corrected chi connectivity index (χ1v) is 5.66. The Morgan fingerprint density at radius 3 is 3.00 bits per heavy atom. The first-order valence-electron chi connectivity index (χ1n) is 5.28. The van der Waals surface area contributed by atoms with Gasteiger partial charge in [0.05, 0.1) is 12.0 Å². The zero-order valence-electron chi connectivity index (χ0n) is 9.45. The van der Waals surface area contributed by atoms with E-state index in [0.29, 0.717) is 11.6 Å². The molecule has 5 heteroatoms. The summed E-state index contributed by atoms with van der Waals surface area (Å²) in [5.41, 5.74) is 1.84. The number of aromatic nitrogens is 2. The minimum absolute atomic E-state index is 0.319. The highest BCUT2D eigenvalue weighted by molar-refractivity contribution is 6.31. The Bertz CT molecular complexity index is 510. The predicted molar refractivity (Wildman–Crippen MR) is 65.5 cm³/mol. The highest BCUT2D eigenvalue weighted by Gasteiger charge is 2.04. The van der Waals surface area contributed by atoms with Gasteiger partial charge in [-0.05, 0) is 24.7 Å². The molecule has 1 aromatic heterocycles. The fraction of sp³-hybridized carbons (Fsp3) is 0.250. The maximum absolute atomic E-state index is 12.9. The second-order valence-corrected chi connectivity index (χ2v) is 4.21. The summed E-state index contributed by atoms with van der Waals surface area (Å²) in [6.07, 6.45) is 3.68. The maximum atomic E-state index is 12.9. The lowest BCUT2D eigenvalue weighted by Gasteiger charge is -2.04. The first-order chi connectivity index (χ1) is 8.19. The fourth-order valence-corrected chi connectivity index (χ4v) is 1.84. The van der Waals surface area contributed by atoms with Crippen LogP contribution in [0.1, 0.15) is 11.3 Å². The van der Waals surface area contributed by atoms with Crippen molar-refractivity contribution in [1.29, 1.82) is 0 Å². The smallest absolute Gasteiger partial charge is 0.124 e. The number of halogens is 2. The quantitative estimate of drug-likeness (QED) is 0.907. The van der Waals surface area contributed by atoms with Gasteiger partial charge in [-0.2, -0.15) is 0 Å². The van der Waals surface area contributed by atoms with Gasteiger partial charge in [0, 0.05) is 24.3 Å². The lowest BCUT2D eigenvalue weighted by atomic mass is 10.2. The number of nitrogens with one attached hydrogen (secondary N) is 1. The average Bonchev–Trinajstić information content (AvgIpc) is 2.71. The van der Waals surface area contributed by atoms with E-state index >= 15 is 0 Å². The van der Waals surface area contributed by atoms with Crippen molar-refractivity contribution in [3.05, 3.63) is 52.8 Å². The van der Waals surface area contributed by atoms with Crippen LogP contribution < -0.4 is 5.32 Å². The summed E-state index contributed by atoms with van der Waals surface area (Å²) in [6.45, 7) is 1.32. The van der Waals surface area contributed by atoms with Gasteiger partial charge < -0.3 is 9.88 Å². The van der Waals surface area contributed by atoms with Gasteiger partial charge in [-0.15, -0.1) is 0 Å². The molecule has 0 saturated carbocycles. The molecule has 0 aliphatic rings. The number of imidazole rings is 1. The lowest BCUT2D eigenvalue weighted by Crippen LogP contribution is -2.05. The van der Waals surface area contributed by atoms with Crippen molar-refractivity contribution in [3.63, 3.8) is 0 Å². The minimum atomic E-state index is -0.319. The predicted octanol–water partition coefficient (Wildman–Crippen LogP) is 2.44. The van der Waals surface area contributed by atoms with Crippen LogP contribution in [0.3, 0.4) is 0 Å². The van der Waals surface area contributed by atoms with Crippen LogP contribution in [0, 0.1) is 5.82 Å². The van der Waals surface area contributed by atoms with E-state index in [0.717, 1.165) is 17.8 Å². The van der Waals surface area contributed by atoms with E-state index in [-0.39, 0.29) is 5.82 Å². The molecule has 2 aromatic rings. The summed E-state index contributed by atoms with van der Waals surface area (Å²) in [5, 5.41) is 3.47. The number of rotatable bonds is 4. The van der Waals surface area contributed by atoms with E-state index in [1.807, 2.05) is 17.8 Å². The van der Waals surface area contributed by atoms with Crippen molar-refractivity contribution < 1.29 is 4.39 Å². The van der Waals surface area contributed by atoms with Crippen molar-refractivity contribution >= 4 is 11.6 Å². The van der Waals surface area contributed by atoms with Crippen LogP contribution in [0.2, 0.25) is 5.02 Å². The largest absolute Gasteiger partial charge is 0.333 e. The third-order valence-electron chi connectivity index (χ3n) is 2.41. The Morgan fingerprint density at radius 2 is 2.29 bits per heavy atom. The number of hydrogen-bond donors (Lipinski definition) is 1. The molecule has 1 heterocycles. The van der Waals surface area contributed by atoms with Crippen LogP contribution in [0.5, 0.6) is 0 Å². The monoisotopic (exact) mass is 253 g/mol. The molecule has 2 rings (SSSR count). The Kier molecular flexibility index (Phi) is 3.76. The molecule has 90 valence electrons. The van der Waals surface area contributed by atoms with Crippen molar-refractivity contribution in [2.24, 2.45) is 0 Å². The summed E-state index contributed by atoms with van der Waals surface area (Å²) in [5.74, 6) is -0.319. The highest BCUT2D eigenvalue weighted by atomic mass is 35.5. The Morgan fingerprint density at radius 1 is 1.47 bits per heavy atom. The molecule has 0 atom stereocenters. The molecular weight excluding hydrogens is 241 g/mol. The Hall–Kier alpha value is -1.39. The van der Waals surface area contributed by atoms with Crippen LogP contribution in [0.4, 0.5) is 4.39 Å². The number of hydrogen-bond acceptors (Lipinski definition) is 2. The number of benzene rings is 1. The fourth-order valence-electron chi connectivity index (χ4n) is 1.61. The third-order valence-corrected chi connectivity index (χ3v) is 2.76. The average molecular weight is 254 g/mol. The summed E-state index contributed by atoms with van der Waals surface area (Å²) in [7, 11) is 1.87. The van der Waals surface area contributed by atoms with E-state index in [1.165, 1.54) is 12.1 Å². The molecule has 0 aliphatic heterocycles. The second-order valence-electron chi connectivity index (χ2n) is 3.80. The number of nitrogens with zero attached hydrogens (tertiary/aromatic N) is 2. The van der Waals surface area contributed by atoms with Crippen LogP contribution >= 0.6 is 11.6 Å². The van der Waals surface area contributed by atoms with Crippen molar-refractivity contribution in [2.75, 3.05) is 7.05 Å². The minimum Gasteiger partial charge on any atom is -0.333 e. The molecule has 0 saturated heterocycles. The van der Waals surface area contributed by atoms with E-state index in [1.54, 1.807) is 12.4 Å². The standard InChI is InChI=1S/C12H13ClFN3/c1-15-5-11-7-17(8-16-11)6-9-2-3-10(14)4-12(9)13/h2-4,7-8,15H,5-6H2,1H3. The molecular formula is C12H13ClFN3. The third kappa shape index (κ3) is 3.05. The zero-order chi connectivity index (χ0) is 12.3. The van der Waals surface area contributed by atoms with Crippen molar-refractivity contribution in [2.45, 2.75) is 13.1 Å². The summed E-state index contributed by atoms with van der Waals surface area (Å²) < 4.78 is 14.8. The van der Waals surface area contributed by atoms with Crippen LogP contribution in [-0.2, 0) is 13.1 Å². The van der Waals surface area contributed by atoms with Crippen LogP contribution in [-0.4, -0.2) is 16.6 Å². The van der Waals surface area contributed by atoms with Gasteiger partial charge in [-0.25, -0.2) is 9.37 Å². The van der Waals surface area contributed by atoms with Crippen LogP contribution in [0.25, 0.3) is 0 Å². The Balaban J connectivity index is 2.13. The summed E-state index contributed by atoms with van der Waals surface area (Å²) in [4.78, 5) is 4.23. The summed E-state index contributed by atoms with van der Waals surface area (Å²) >= 11 is 5.96. The van der Waals surface area contributed by atoms with Gasteiger partial charge in [-0.1, -0.05) is 17.7 Å². The topological polar surface area (TPSA) is 29.9 Å². The van der Waals surface area contributed by atoms with Crippen LogP contribution in [0.15, 0.2) is 30.7 Å². The van der Waals surface area contributed by atoms with E-state index in [9.17, 15) is 4.39 Å². The molecule has 1 aromatic carbocycles. The van der Waals surface area contributed by atoms with Gasteiger partial charge in [0.1, 0.15) is 5.82 Å². The van der Waals surface area contributed by atoms with E-state index < -0.39 is 0 Å². The summed E-state index contributed by atoms with van der Waals surface area (Å²) in [6, 6.07) is 4.42. The molecule has 17 heavy (non-hydrogen) atoms. The van der Waals surface area contributed by atoms with Gasteiger partial charge in [0.15, 0.2) is 0 Å². The van der Waals surface area contributed by atoms with E-state index in [4.69, 9.17) is 11.6 Å². The van der Waals surface area contributed by atoms with Gasteiger partial charge in [-0.3, -0.25) is 0 Å². The molecule has 1 N–H and O–H groups in total. The molecule has 0 aliphatic carbocycles. The van der Waals surface area contributed by atoms with E-state index in [2.05, 4.69) is 10.3 Å².